The van der Waals surface area contributed by atoms with E-state index in [0.29, 0.717) is 6.10 Å². The Morgan fingerprint density at radius 3 is 1.80 bits per heavy atom. The highest BCUT2D eigenvalue weighted by atomic mass is 16.5. The van der Waals surface area contributed by atoms with Crippen molar-refractivity contribution in [2.45, 2.75) is 123 Å². The van der Waals surface area contributed by atoms with Crippen LogP contribution in [-0.4, -0.2) is 25.9 Å². The average Bonchev–Trinajstić information content (AvgIpc) is 2.62. The molecule has 0 spiro atoms. The quantitative estimate of drug-likeness (QED) is 0.255. The molecule has 1 aliphatic carbocycles. The van der Waals surface area contributed by atoms with Gasteiger partial charge >= 0.3 is 0 Å². The minimum atomic E-state index is 0.320. The van der Waals surface area contributed by atoms with Crippen LogP contribution in [0, 0.1) is 5.92 Å². The highest BCUT2D eigenvalue weighted by molar-refractivity contribution is 4.65. The maximum Gasteiger partial charge on any atom is 0.0703 e. The van der Waals surface area contributed by atoms with Crippen LogP contribution in [0.2, 0.25) is 0 Å². The van der Waals surface area contributed by atoms with Crippen LogP contribution in [0.25, 0.3) is 0 Å². The minimum Gasteiger partial charge on any atom is -0.379 e. The predicted octanol–water partition coefficient (Wildman–Crippen LogP) is 7.30. The number of hydrogen-bond donors (Lipinski definition) is 0. The SMILES string of the molecule is CC(C)OCCOCCCCCCCCCCCCC1CCCCC1. The first-order valence-electron chi connectivity index (χ1n) is 11.5. The van der Waals surface area contributed by atoms with Crippen molar-refractivity contribution in [3.63, 3.8) is 0 Å². The summed E-state index contributed by atoms with van der Waals surface area (Å²) < 4.78 is 11.0. The van der Waals surface area contributed by atoms with E-state index >= 15 is 0 Å². The second-order valence-electron chi connectivity index (χ2n) is 8.36. The molecule has 1 fully saturated rings. The molecule has 0 bridgehead atoms. The molecule has 2 nitrogen and oxygen atoms in total. The second kappa shape index (κ2) is 17.3. The molecule has 25 heavy (non-hydrogen) atoms. The molecule has 0 atom stereocenters. The average molecular weight is 355 g/mol. The zero-order valence-electron chi connectivity index (χ0n) is 17.4. The van der Waals surface area contributed by atoms with Gasteiger partial charge in [-0.25, -0.2) is 0 Å². The molecular weight excluding hydrogens is 308 g/mol. The Morgan fingerprint density at radius 2 is 1.20 bits per heavy atom. The van der Waals surface area contributed by atoms with Gasteiger partial charge in [0.15, 0.2) is 0 Å². The fourth-order valence-electron chi connectivity index (χ4n) is 3.97. The van der Waals surface area contributed by atoms with Crippen LogP contribution in [0.1, 0.15) is 117 Å². The highest BCUT2D eigenvalue weighted by Crippen LogP contribution is 2.28. The van der Waals surface area contributed by atoms with E-state index in [-0.39, 0.29) is 0 Å². The van der Waals surface area contributed by atoms with Crippen LogP contribution in [0.4, 0.5) is 0 Å². The molecule has 0 N–H and O–H groups in total. The van der Waals surface area contributed by atoms with E-state index in [4.69, 9.17) is 9.47 Å². The second-order valence-corrected chi connectivity index (χ2v) is 8.36. The summed E-state index contributed by atoms with van der Waals surface area (Å²) in [4.78, 5) is 0. The zero-order valence-corrected chi connectivity index (χ0v) is 17.4. The van der Waals surface area contributed by atoms with Gasteiger partial charge in [-0.3, -0.25) is 0 Å². The van der Waals surface area contributed by atoms with Gasteiger partial charge in [0.25, 0.3) is 0 Å². The Labute approximate surface area is 158 Å². The van der Waals surface area contributed by atoms with Crippen LogP contribution in [0.15, 0.2) is 0 Å². The molecular formula is C23H46O2. The third-order valence-corrected chi connectivity index (χ3v) is 5.55. The third kappa shape index (κ3) is 15.9. The zero-order chi connectivity index (χ0) is 18.0. The summed E-state index contributed by atoms with van der Waals surface area (Å²) in [5.41, 5.74) is 0. The van der Waals surface area contributed by atoms with E-state index in [9.17, 15) is 0 Å². The number of hydrogen-bond acceptors (Lipinski definition) is 2. The first-order valence-corrected chi connectivity index (χ1v) is 11.5. The Bertz CT molecular complexity index is 259. The van der Waals surface area contributed by atoms with Crippen LogP contribution in [0.3, 0.4) is 0 Å². The predicted molar refractivity (Wildman–Crippen MR) is 109 cm³/mol. The minimum absolute atomic E-state index is 0.320. The molecule has 0 aromatic rings. The van der Waals surface area contributed by atoms with E-state index < -0.39 is 0 Å². The number of unbranched alkanes of at least 4 members (excludes halogenated alkanes) is 9. The van der Waals surface area contributed by atoms with E-state index in [1.165, 1.54) is 103 Å². The van der Waals surface area contributed by atoms with Crippen molar-refractivity contribution < 1.29 is 9.47 Å². The standard InChI is InChI=1S/C23H46O2/c1-22(2)25-21-20-24-19-15-10-8-6-4-3-5-7-9-12-16-23-17-13-11-14-18-23/h22-23H,3-21H2,1-2H3. The summed E-state index contributed by atoms with van der Waals surface area (Å²) in [6.45, 7) is 6.52. The third-order valence-electron chi connectivity index (χ3n) is 5.55. The summed E-state index contributed by atoms with van der Waals surface area (Å²) in [7, 11) is 0. The maximum absolute atomic E-state index is 5.59. The largest absolute Gasteiger partial charge is 0.379 e. The molecule has 0 unspecified atom stereocenters. The van der Waals surface area contributed by atoms with Gasteiger partial charge in [0.1, 0.15) is 0 Å². The molecule has 0 saturated heterocycles. The summed E-state index contributed by atoms with van der Waals surface area (Å²) in [5, 5.41) is 0. The number of rotatable bonds is 17. The smallest absolute Gasteiger partial charge is 0.0703 e. The van der Waals surface area contributed by atoms with Crippen molar-refractivity contribution in [1.29, 1.82) is 0 Å². The van der Waals surface area contributed by atoms with Gasteiger partial charge in [0.05, 0.1) is 19.3 Å². The van der Waals surface area contributed by atoms with Crippen molar-refractivity contribution in [1.82, 2.24) is 0 Å². The summed E-state index contributed by atoms with van der Waals surface area (Å²) in [6.07, 6.45) is 23.5. The van der Waals surface area contributed by atoms with Crippen molar-refractivity contribution >= 4 is 0 Å². The molecule has 0 aromatic heterocycles. The molecule has 1 rings (SSSR count). The van der Waals surface area contributed by atoms with E-state index in [1.807, 2.05) is 0 Å². The van der Waals surface area contributed by atoms with Gasteiger partial charge in [-0.15, -0.1) is 0 Å². The monoisotopic (exact) mass is 354 g/mol. The van der Waals surface area contributed by atoms with Crippen LogP contribution in [-0.2, 0) is 9.47 Å². The first-order chi connectivity index (χ1) is 12.3. The fraction of sp³-hybridized carbons (Fsp3) is 1.00. The molecule has 2 heteroatoms. The van der Waals surface area contributed by atoms with E-state index in [2.05, 4.69) is 13.8 Å². The van der Waals surface area contributed by atoms with Crippen molar-refractivity contribution in [3.8, 4) is 0 Å². The molecule has 0 heterocycles. The normalized spacial score (nSPS) is 16.0. The van der Waals surface area contributed by atoms with Gasteiger partial charge in [-0.05, 0) is 26.2 Å². The van der Waals surface area contributed by atoms with Gasteiger partial charge in [-0.2, -0.15) is 0 Å². The molecule has 1 saturated carbocycles. The van der Waals surface area contributed by atoms with E-state index in [1.54, 1.807) is 0 Å². The molecule has 0 aromatic carbocycles. The van der Waals surface area contributed by atoms with Gasteiger partial charge in [0.2, 0.25) is 0 Å². The Balaban J connectivity index is 1.66. The fourth-order valence-corrected chi connectivity index (χ4v) is 3.97. The lowest BCUT2D eigenvalue weighted by Crippen LogP contribution is -2.10. The molecule has 0 amide bonds. The summed E-state index contributed by atoms with van der Waals surface area (Å²) in [5.74, 6) is 1.08. The summed E-state index contributed by atoms with van der Waals surface area (Å²) >= 11 is 0. The van der Waals surface area contributed by atoms with Crippen molar-refractivity contribution in [2.75, 3.05) is 19.8 Å². The van der Waals surface area contributed by atoms with E-state index in [0.717, 1.165) is 25.7 Å². The van der Waals surface area contributed by atoms with Gasteiger partial charge in [-0.1, -0.05) is 96.3 Å². The lowest BCUT2D eigenvalue weighted by Gasteiger charge is -2.21. The number of ether oxygens (including phenoxy) is 2. The maximum atomic E-state index is 5.59. The topological polar surface area (TPSA) is 18.5 Å². The molecule has 150 valence electrons. The Morgan fingerprint density at radius 1 is 0.640 bits per heavy atom. The van der Waals surface area contributed by atoms with Crippen LogP contribution >= 0.6 is 0 Å². The molecule has 1 aliphatic rings. The van der Waals surface area contributed by atoms with Crippen LogP contribution in [0.5, 0.6) is 0 Å². The lowest BCUT2D eigenvalue weighted by molar-refractivity contribution is 0.0186. The van der Waals surface area contributed by atoms with Crippen LogP contribution < -0.4 is 0 Å². The van der Waals surface area contributed by atoms with Crippen molar-refractivity contribution in [3.05, 3.63) is 0 Å². The van der Waals surface area contributed by atoms with Crippen molar-refractivity contribution in [2.24, 2.45) is 5.92 Å². The van der Waals surface area contributed by atoms with Gasteiger partial charge in [0, 0.05) is 6.61 Å². The lowest BCUT2D eigenvalue weighted by atomic mass is 9.85. The Hall–Kier alpha value is -0.0800. The highest BCUT2D eigenvalue weighted by Gasteiger charge is 2.12. The Kier molecular flexibility index (Phi) is 15.9. The van der Waals surface area contributed by atoms with Gasteiger partial charge < -0.3 is 9.47 Å². The first kappa shape index (κ1) is 23.0. The molecule has 0 aliphatic heterocycles. The molecule has 0 radical (unpaired) electrons. The summed E-state index contributed by atoms with van der Waals surface area (Å²) in [6, 6.07) is 0.